The smallest absolute Gasteiger partial charge is 0.246 e. The molecule has 0 spiro atoms. The number of rotatable bonds is 5. The Kier molecular flexibility index (Phi) is 6.57. The van der Waals surface area contributed by atoms with E-state index in [2.05, 4.69) is 42.4 Å². The molecule has 0 amide bonds. The van der Waals surface area contributed by atoms with E-state index >= 15 is 0 Å². The maximum Gasteiger partial charge on any atom is 0.246 e. The van der Waals surface area contributed by atoms with Crippen LogP contribution in [0, 0.1) is 0 Å². The van der Waals surface area contributed by atoms with E-state index < -0.39 is 0 Å². The Bertz CT molecular complexity index is 1010. The van der Waals surface area contributed by atoms with Gasteiger partial charge in [-0.3, -0.25) is 4.99 Å². The molecule has 1 saturated heterocycles. The highest BCUT2D eigenvalue weighted by Crippen LogP contribution is 2.21. The number of nitrogens with zero attached hydrogens (tertiary/aromatic N) is 5. The van der Waals surface area contributed by atoms with Crippen LogP contribution in [0.4, 0.5) is 5.69 Å². The molecule has 9 heteroatoms. The third-order valence-corrected chi connectivity index (χ3v) is 5.45. The lowest BCUT2D eigenvalue weighted by molar-refractivity contribution is 0.355. The second-order valence-electron chi connectivity index (χ2n) is 7.09. The molecule has 1 aliphatic heterocycles. The summed E-state index contributed by atoms with van der Waals surface area (Å²) in [4.78, 5) is 13.5. The highest BCUT2D eigenvalue weighted by molar-refractivity contribution is 6.30. The Labute approximate surface area is 186 Å². The van der Waals surface area contributed by atoms with Crippen LogP contribution in [0.1, 0.15) is 5.89 Å². The second-order valence-corrected chi connectivity index (χ2v) is 7.53. The quantitative estimate of drug-likeness (QED) is 0.481. The van der Waals surface area contributed by atoms with Gasteiger partial charge in [0.05, 0.1) is 13.7 Å². The maximum atomic E-state index is 5.93. The van der Waals surface area contributed by atoms with Gasteiger partial charge in [0, 0.05) is 49.5 Å². The molecule has 1 N–H and O–H groups in total. The zero-order chi connectivity index (χ0) is 21.6. The van der Waals surface area contributed by atoms with E-state index in [-0.39, 0.29) is 0 Å². The molecule has 3 aromatic rings. The molecule has 162 valence electrons. The fraction of sp³-hybridized carbons (Fsp3) is 0.318. The number of guanidine groups is 1. The number of hydrogen-bond acceptors (Lipinski definition) is 6. The summed E-state index contributed by atoms with van der Waals surface area (Å²) in [5.41, 5.74) is 2.06. The largest absolute Gasteiger partial charge is 0.497 e. The van der Waals surface area contributed by atoms with Crippen molar-refractivity contribution in [2.75, 3.05) is 45.2 Å². The topological polar surface area (TPSA) is 79.0 Å². The van der Waals surface area contributed by atoms with E-state index in [1.165, 1.54) is 5.69 Å². The molecule has 0 aliphatic carbocycles. The average Bonchev–Trinajstić information content (AvgIpc) is 3.29. The van der Waals surface area contributed by atoms with Crippen molar-refractivity contribution in [3.63, 3.8) is 0 Å². The summed E-state index contributed by atoms with van der Waals surface area (Å²) in [6.07, 6.45) is 0. The molecule has 4 rings (SSSR count). The van der Waals surface area contributed by atoms with E-state index in [9.17, 15) is 0 Å². The third kappa shape index (κ3) is 5.08. The van der Waals surface area contributed by atoms with Crippen LogP contribution in [0.15, 0.2) is 58.0 Å². The van der Waals surface area contributed by atoms with E-state index in [1.807, 2.05) is 24.3 Å². The van der Waals surface area contributed by atoms with Crippen LogP contribution in [-0.4, -0.2) is 61.3 Å². The van der Waals surface area contributed by atoms with Crippen molar-refractivity contribution >= 4 is 23.2 Å². The van der Waals surface area contributed by atoms with Crippen molar-refractivity contribution in [1.29, 1.82) is 0 Å². The molecule has 0 unspecified atom stereocenters. The number of nitrogens with one attached hydrogen (secondary N) is 1. The van der Waals surface area contributed by atoms with Crippen LogP contribution < -0.4 is 15.0 Å². The second kappa shape index (κ2) is 9.70. The summed E-state index contributed by atoms with van der Waals surface area (Å²) >= 11 is 5.93. The summed E-state index contributed by atoms with van der Waals surface area (Å²) < 4.78 is 10.6. The lowest BCUT2D eigenvalue weighted by Gasteiger charge is -2.37. The van der Waals surface area contributed by atoms with Crippen LogP contribution in [0.3, 0.4) is 0 Å². The Morgan fingerprint density at radius 3 is 2.45 bits per heavy atom. The summed E-state index contributed by atoms with van der Waals surface area (Å²) in [7, 11) is 3.46. The molecule has 1 aliphatic rings. The lowest BCUT2D eigenvalue weighted by atomic mass is 10.2. The number of methoxy groups -OCH3 is 1. The first-order chi connectivity index (χ1) is 15.2. The fourth-order valence-corrected chi connectivity index (χ4v) is 3.63. The highest BCUT2D eigenvalue weighted by atomic mass is 35.5. The highest BCUT2D eigenvalue weighted by Gasteiger charge is 2.20. The summed E-state index contributed by atoms with van der Waals surface area (Å²) in [6, 6.07) is 15.5. The monoisotopic (exact) mass is 440 g/mol. The zero-order valence-electron chi connectivity index (χ0n) is 17.6. The Balaban J connectivity index is 1.30. The van der Waals surface area contributed by atoms with E-state index in [1.54, 1.807) is 26.3 Å². The van der Waals surface area contributed by atoms with Gasteiger partial charge in [-0.1, -0.05) is 16.8 Å². The number of aromatic nitrogens is 2. The summed E-state index contributed by atoms with van der Waals surface area (Å²) in [6.45, 7) is 3.96. The zero-order valence-corrected chi connectivity index (χ0v) is 18.3. The predicted molar refractivity (Wildman–Crippen MR) is 122 cm³/mol. The fourth-order valence-electron chi connectivity index (χ4n) is 3.50. The minimum absolute atomic E-state index is 0.409. The number of hydrogen-bond donors (Lipinski definition) is 1. The van der Waals surface area contributed by atoms with Gasteiger partial charge in [-0.05, 0) is 48.5 Å². The molecule has 8 nitrogen and oxygen atoms in total. The number of halogens is 1. The van der Waals surface area contributed by atoms with Crippen LogP contribution in [0.5, 0.6) is 5.75 Å². The van der Waals surface area contributed by atoms with E-state index in [0.717, 1.165) is 43.5 Å². The molecular weight excluding hydrogens is 416 g/mol. The standard InChI is InChI=1S/C22H25ClN6O2/c1-24-22(25-15-20-26-21(27-31-20)16-3-5-17(23)6-4-16)29-13-11-28(12-14-29)18-7-9-19(30-2)10-8-18/h3-10H,11-15H2,1-2H3,(H,24,25). The number of aliphatic imine (C=N–C) groups is 1. The molecule has 2 heterocycles. The van der Waals surface area contributed by atoms with Gasteiger partial charge in [-0.2, -0.15) is 4.98 Å². The number of benzene rings is 2. The normalized spacial score (nSPS) is 14.6. The van der Waals surface area contributed by atoms with Crippen molar-refractivity contribution in [1.82, 2.24) is 20.4 Å². The summed E-state index contributed by atoms with van der Waals surface area (Å²) in [5.74, 6) is 2.73. The molecule has 31 heavy (non-hydrogen) atoms. The Morgan fingerprint density at radius 2 is 1.81 bits per heavy atom. The van der Waals surface area contributed by atoms with Gasteiger partial charge in [0.25, 0.3) is 0 Å². The Morgan fingerprint density at radius 1 is 1.10 bits per heavy atom. The van der Waals surface area contributed by atoms with Crippen LogP contribution in [0.2, 0.25) is 5.02 Å². The first-order valence-corrected chi connectivity index (χ1v) is 10.5. The van der Waals surface area contributed by atoms with Gasteiger partial charge >= 0.3 is 0 Å². The van der Waals surface area contributed by atoms with Crippen molar-refractivity contribution in [3.8, 4) is 17.1 Å². The van der Waals surface area contributed by atoms with E-state index in [4.69, 9.17) is 20.9 Å². The van der Waals surface area contributed by atoms with Crippen molar-refractivity contribution in [2.45, 2.75) is 6.54 Å². The van der Waals surface area contributed by atoms with Gasteiger partial charge in [0.15, 0.2) is 5.96 Å². The van der Waals surface area contributed by atoms with Crippen molar-refractivity contribution in [3.05, 3.63) is 59.4 Å². The third-order valence-electron chi connectivity index (χ3n) is 5.20. The molecule has 2 aromatic carbocycles. The predicted octanol–water partition coefficient (Wildman–Crippen LogP) is 3.30. The van der Waals surface area contributed by atoms with Crippen LogP contribution in [0.25, 0.3) is 11.4 Å². The minimum atomic E-state index is 0.409. The van der Waals surface area contributed by atoms with Crippen LogP contribution in [-0.2, 0) is 6.54 Å². The van der Waals surface area contributed by atoms with Gasteiger partial charge in [-0.25, -0.2) is 0 Å². The molecule has 0 radical (unpaired) electrons. The average molecular weight is 441 g/mol. The lowest BCUT2D eigenvalue weighted by Crippen LogP contribution is -2.52. The van der Waals surface area contributed by atoms with Crippen molar-refractivity contribution in [2.24, 2.45) is 4.99 Å². The Hall–Kier alpha value is -3.26. The van der Waals surface area contributed by atoms with Gasteiger partial charge < -0.3 is 24.4 Å². The molecule has 0 bridgehead atoms. The van der Waals surface area contributed by atoms with Crippen LogP contribution >= 0.6 is 11.6 Å². The molecular formula is C22H25ClN6O2. The van der Waals surface area contributed by atoms with Crippen molar-refractivity contribution < 1.29 is 9.26 Å². The molecule has 0 atom stereocenters. The molecule has 0 saturated carbocycles. The number of anilines is 1. The first kappa shape index (κ1) is 21.0. The minimum Gasteiger partial charge on any atom is -0.497 e. The van der Waals surface area contributed by atoms with E-state index in [0.29, 0.717) is 23.3 Å². The SMILES string of the molecule is CN=C(NCc1nc(-c2ccc(Cl)cc2)no1)N1CCN(c2ccc(OC)cc2)CC1. The first-order valence-electron chi connectivity index (χ1n) is 10.1. The van der Waals surface area contributed by atoms with Gasteiger partial charge in [0.2, 0.25) is 11.7 Å². The maximum absolute atomic E-state index is 5.93. The summed E-state index contributed by atoms with van der Waals surface area (Å²) in [5, 5.41) is 8.04. The number of ether oxygens (including phenoxy) is 1. The molecule has 1 fully saturated rings. The van der Waals surface area contributed by atoms with Gasteiger partial charge in [-0.15, -0.1) is 0 Å². The molecule has 1 aromatic heterocycles. The number of piperazine rings is 1. The van der Waals surface area contributed by atoms with Gasteiger partial charge in [0.1, 0.15) is 5.75 Å².